The number of ether oxygens (including phenoxy) is 2. The number of aliphatic hydroxyl groups excluding tert-OH is 1. The van der Waals surface area contributed by atoms with Gasteiger partial charge >= 0.3 is 5.97 Å². The van der Waals surface area contributed by atoms with E-state index in [1.807, 2.05) is 57.6 Å². The van der Waals surface area contributed by atoms with Crippen LogP contribution in [0, 0.1) is 0 Å². The van der Waals surface area contributed by atoms with E-state index in [1.165, 1.54) is 70.5 Å². The van der Waals surface area contributed by atoms with Crippen LogP contribution in [0.5, 0.6) is 0 Å². The summed E-state index contributed by atoms with van der Waals surface area (Å²) in [4.78, 5) is 24.8. The Kier molecular flexibility index (Phi) is 36.3. The highest BCUT2D eigenvalue weighted by molar-refractivity contribution is 7.45. The van der Waals surface area contributed by atoms with Crippen molar-refractivity contribution in [2.75, 3.05) is 47.5 Å². The summed E-state index contributed by atoms with van der Waals surface area (Å²) in [6.45, 7) is 4.37. The molecule has 0 amide bonds. The third-order valence-electron chi connectivity index (χ3n) is 8.64. The predicted molar refractivity (Wildman–Crippen MR) is 232 cm³/mol. The monoisotopic (exact) mass is 806 g/mol. The fourth-order valence-corrected chi connectivity index (χ4v) is 5.96. The summed E-state index contributed by atoms with van der Waals surface area (Å²) in [5, 5.41) is 10.2. The van der Waals surface area contributed by atoms with Gasteiger partial charge in [0.25, 0.3) is 7.82 Å². The predicted octanol–water partition coefficient (Wildman–Crippen LogP) is 11.2. The second-order valence-corrected chi connectivity index (χ2v) is 16.6. The number of quaternary nitrogens is 1. The van der Waals surface area contributed by atoms with Gasteiger partial charge in [-0.3, -0.25) is 9.36 Å². The normalized spacial score (nSPS) is 15.1. The van der Waals surface area contributed by atoms with Crippen molar-refractivity contribution in [3.63, 3.8) is 0 Å². The maximum absolute atomic E-state index is 12.5. The number of likely N-dealkylation sites (N-methyl/N-ethyl adjacent to an activating group) is 1. The maximum atomic E-state index is 12.5. The molecule has 0 aromatic heterocycles. The number of nitrogens with zero attached hydrogens (tertiary/aromatic N) is 1. The molecule has 0 aromatic rings. The van der Waals surface area contributed by atoms with Crippen molar-refractivity contribution in [2.24, 2.45) is 0 Å². The molecular formula is C46H80NO8P. The number of phosphoric acid groups is 1. The van der Waals surface area contributed by atoms with Crippen LogP contribution in [0.15, 0.2) is 85.3 Å². The molecule has 10 heteroatoms. The molecule has 9 nitrogen and oxygen atoms in total. The maximum Gasteiger partial charge on any atom is 0.306 e. The van der Waals surface area contributed by atoms with E-state index >= 15 is 0 Å². The lowest BCUT2D eigenvalue weighted by atomic mass is 10.0. The molecule has 322 valence electrons. The molecular weight excluding hydrogens is 725 g/mol. The first kappa shape index (κ1) is 53.5. The average molecular weight is 806 g/mol. The summed E-state index contributed by atoms with van der Waals surface area (Å²) in [7, 11) is 1.26. The number of hydrogen-bond donors (Lipinski definition) is 1. The lowest BCUT2D eigenvalue weighted by Gasteiger charge is -2.28. The standard InChI is InChI=1S/C46H80NO8P/c1-6-8-10-12-14-16-18-20-22-24-26-28-30-35-40-52-45(43-55-56(50,51)54-41-39-47(3,4)5)42-53-46(49)38-34-31-33-37-44(48)36-32-29-27-25-23-21-19-17-15-13-11-9-7-2/h9,11,15,17,21,23,27,29,31-33,35-36,40,44-45,48H,6-8,10,12-14,16,18-20,22,24-26,28,30,34,37-39,41-43H2,1-5H3/b11-9-,17-15-,23-21-,29-27-,33-31-,36-32-,40-35+/t44?,45-/m1/s1. The molecule has 0 saturated carbocycles. The van der Waals surface area contributed by atoms with E-state index in [9.17, 15) is 19.4 Å². The number of unbranched alkanes of at least 4 members (excludes halogenated alkanes) is 12. The number of hydrogen-bond acceptors (Lipinski definition) is 8. The van der Waals surface area contributed by atoms with E-state index in [2.05, 4.69) is 50.3 Å². The van der Waals surface area contributed by atoms with Crippen LogP contribution in [0.1, 0.15) is 142 Å². The number of carbonyl (C=O) groups excluding carboxylic acids is 1. The Balaban J connectivity index is 4.53. The third kappa shape index (κ3) is 41.1. The quantitative estimate of drug-likeness (QED) is 0.0125. The topological polar surface area (TPSA) is 114 Å². The van der Waals surface area contributed by atoms with Gasteiger partial charge in [0.15, 0.2) is 6.10 Å². The van der Waals surface area contributed by atoms with E-state index in [4.69, 9.17) is 18.5 Å². The van der Waals surface area contributed by atoms with E-state index in [1.54, 1.807) is 6.08 Å². The Labute approximate surface area is 342 Å². The number of phosphoric ester groups is 1. The first-order valence-corrected chi connectivity index (χ1v) is 22.9. The molecule has 0 aromatic carbocycles. The van der Waals surface area contributed by atoms with Crippen LogP contribution >= 0.6 is 7.82 Å². The van der Waals surface area contributed by atoms with E-state index in [0.29, 0.717) is 23.9 Å². The Morgan fingerprint density at radius 3 is 1.89 bits per heavy atom. The SMILES string of the molecule is CC/C=C\C/C=C\C/C=C\C/C=C\C=C/C(O)C/C=C\CCC(=O)OC[C@H](COP(=O)([O-])OCC[N+](C)(C)C)O/C=C/CCCCCCCCCCCCCC. The molecule has 0 rings (SSSR count). The van der Waals surface area contributed by atoms with Crippen LogP contribution in [0.25, 0.3) is 0 Å². The van der Waals surface area contributed by atoms with Gasteiger partial charge in [0.2, 0.25) is 0 Å². The van der Waals surface area contributed by atoms with Gasteiger partial charge in [-0.1, -0.05) is 157 Å². The Morgan fingerprint density at radius 2 is 1.29 bits per heavy atom. The van der Waals surface area contributed by atoms with Gasteiger partial charge in [0.1, 0.15) is 19.8 Å². The first-order chi connectivity index (χ1) is 27.0. The van der Waals surface area contributed by atoms with Crippen LogP contribution in [0.2, 0.25) is 0 Å². The molecule has 0 spiro atoms. The number of rotatable bonds is 38. The zero-order valence-corrected chi connectivity index (χ0v) is 36.8. The zero-order chi connectivity index (χ0) is 41.4. The van der Waals surface area contributed by atoms with Crippen molar-refractivity contribution in [3.05, 3.63) is 85.3 Å². The number of esters is 1. The highest BCUT2D eigenvalue weighted by atomic mass is 31.2. The minimum absolute atomic E-state index is 0.00411. The van der Waals surface area contributed by atoms with Gasteiger partial charge < -0.3 is 33.0 Å². The van der Waals surface area contributed by atoms with Crippen molar-refractivity contribution in [1.29, 1.82) is 0 Å². The van der Waals surface area contributed by atoms with Crippen molar-refractivity contribution < 1.29 is 42.4 Å². The molecule has 0 aliphatic carbocycles. The highest BCUT2D eigenvalue weighted by Crippen LogP contribution is 2.38. The molecule has 0 aliphatic heterocycles. The summed E-state index contributed by atoms with van der Waals surface area (Å²) in [5.41, 5.74) is 0. The smallest absolute Gasteiger partial charge is 0.306 e. The Bertz CT molecular complexity index is 1180. The first-order valence-electron chi connectivity index (χ1n) is 21.5. The minimum atomic E-state index is -4.56. The van der Waals surface area contributed by atoms with Gasteiger partial charge in [-0.2, -0.15) is 0 Å². The fraction of sp³-hybridized carbons (Fsp3) is 0.674. The van der Waals surface area contributed by atoms with Crippen LogP contribution in [0.4, 0.5) is 0 Å². The molecule has 0 aliphatic rings. The second-order valence-electron chi connectivity index (χ2n) is 15.2. The fourth-order valence-electron chi connectivity index (χ4n) is 5.23. The molecule has 0 bridgehead atoms. The van der Waals surface area contributed by atoms with Crippen molar-refractivity contribution in [2.45, 2.75) is 154 Å². The van der Waals surface area contributed by atoms with Crippen molar-refractivity contribution >= 4 is 13.8 Å². The van der Waals surface area contributed by atoms with Crippen molar-refractivity contribution in [1.82, 2.24) is 0 Å². The third-order valence-corrected chi connectivity index (χ3v) is 9.61. The van der Waals surface area contributed by atoms with Gasteiger partial charge in [-0.25, -0.2) is 0 Å². The summed E-state index contributed by atoms with van der Waals surface area (Å²) in [6.07, 6.45) is 47.3. The van der Waals surface area contributed by atoms with Crippen molar-refractivity contribution in [3.8, 4) is 0 Å². The molecule has 56 heavy (non-hydrogen) atoms. The summed E-state index contributed by atoms with van der Waals surface area (Å²) < 4.78 is 34.2. The average Bonchev–Trinajstić information content (AvgIpc) is 3.15. The molecule has 0 radical (unpaired) electrons. The van der Waals surface area contributed by atoms with Gasteiger partial charge in [0.05, 0.1) is 40.1 Å². The van der Waals surface area contributed by atoms with Crippen LogP contribution in [0.3, 0.4) is 0 Å². The molecule has 3 atom stereocenters. The molecule has 0 fully saturated rings. The molecule has 0 saturated heterocycles. The van der Waals surface area contributed by atoms with E-state index in [-0.39, 0.29) is 26.2 Å². The van der Waals surface area contributed by atoms with Crippen LogP contribution in [-0.2, 0) is 27.9 Å². The van der Waals surface area contributed by atoms with E-state index < -0.39 is 26.0 Å². The van der Waals surface area contributed by atoms with Gasteiger partial charge in [0, 0.05) is 6.42 Å². The Morgan fingerprint density at radius 1 is 0.696 bits per heavy atom. The summed E-state index contributed by atoms with van der Waals surface area (Å²) >= 11 is 0. The Hall–Kier alpha value is -2.52. The minimum Gasteiger partial charge on any atom is -0.756 e. The second kappa shape index (κ2) is 38.0. The highest BCUT2D eigenvalue weighted by Gasteiger charge is 2.19. The summed E-state index contributed by atoms with van der Waals surface area (Å²) in [6, 6.07) is 0. The molecule has 1 N–H and O–H groups in total. The number of allylic oxidation sites excluding steroid dienone is 11. The number of aliphatic hydroxyl groups is 1. The summed E-state index contributed by atoms with van der Waals surface area (Å²) in [5.74, 6) is -0.437. The lowest BCUT2D eigenvalue weighted by molar-refractivity contribution is -0.870. The van der Waals surface area contributed by atoms with Crippen LogP contribution in [-0.4, -0.2) is 75.3 Å². The largest absolute Gasteiger partial charge is 0.756 e. The lowest BCUT2D eigenvalue weighted by Crippen LogP contribution is -2.37. The van der Waals surface area contributed by atoms with Crippen LogP contribution < -0.4 is 4.89 Å². The molecule has 0 heterocycles. The number of carbonyl (C=O) groups is 1. The van der Waals surface area contributed by atoms with Gasteiger partial charge in [-0.15, -0.1) is 0 Å². The van der Waals surface area contributed by atoms with Gasteiger partial charge in [-0.05, 0) is 57.4 Å². The van der Waals surface area contributed by atoms with E-state index in [0.717, 1.165) is 44.9 Å². The zero-order valence-electron chi connectivity index (χ0n) is 35.9. The molecule has 2 unspecified atom stereocenters.